The third-order valence-corrected chi connectivity index (χ3v) is 3.44. The molecule has 1 aliphatic rings. The van der Waals surface area contributed by atoms with Crippen molar-refractivity contribution in [2.75, 3.05) is 26.3 Å². The van der Waals surface area contributed by atoms with Gasteiger partial charge in [-0.05, 0) is 26.2 Å². The lowest BCUT2D eigenvalue weighted by atomic mass is 9.96. The highest BCUT2D eigenvalue weighted by Crippen LogP contribution is 2.17. The van der Waals surface area contributed by atoms with E-state index in [2.05, 4.69) is 29.5 Å². The fourth-order valence-corrected chi connectivity index (χ4v) is 2.33. The summed E-state index contributed by atoms with van der Waals surface area (Å²) in [6.45, 7) is 7.52. The third kappa shape index (κ3) is 9.80. The topological polar surface area (TPSA) is 45.6 Å². The first kappa shape index (κ1) is 20.0. The van der Waals surface area contributed by atoms with Gasteiger partial charge in [-0.1, -0.05) is 32.6 Å². The van der Waals surface area contributed by atoms with Crippen LogP contribution < -0.4 is 10.6 Å². The van der Waals surface area contributed by atoms with Gasteiger partial charge in [0.1, 0.15) is 0 Å². The predicted octanol–water partition coefficient (Wildman–Crippen LogP) is 3.31. The molecule has 4 nitrogen and oxygen atoms in total. The zero-order valence-electron chi connectivity index (χ0n) is 13.1. The quantitative estimate of drug-likeness (QED) is 0.286. The summed E-state index contributed by atoms with van der Waals surface area (Å²) in [4.78, 5) is 4.57. The van der Waals surface area contributed by atoms with Gasteiger partial charge in [0.2, 0.25) is 0 Å². The number of aliphatic imine (C=N–C) groups is 1. The monoisotopic (exact) mass is 397 g/mol. The number of guanidine groups is 1. The molecule has 0 aliphatic heterocycles. The number of nitrogens with zero attached hydrogens (tertiary/aromatic N) is 1. The average molecular weight is 397 g/mol. The molecule has 0 saturated heterocycles. The van der Waals surface area contributed by atoms with Gasteiger partial charge in [0.05, 0.1) is 13.2 Å². The fourth-order valence-electron chi connectivity index (χ4n) is 2.33. The number of ether oxygens (including phenoxy) is 1. The molecule has 5 heteroatoms. The first-order chi connectivity index (χ1) is 9.36. The van der Waals surface area contributed by atoms with Crippen LogP contribution in [0.5, 0.6) is 0 Å². The highest BCUT2D eigenvalue weighted by molar-refractivity contribution is 14.0. The van der Waals surface area contributed by atoms with Gasteiger partial charge in [0.15, 0.2) is 5.96 Å². The highest BCUT2D eigenvalue weighted by Gasteiger charge is 2.14. The van der Waals surface area contributed by atoms with Crippen LogP contribution in [0.25, 0.3) is 0 Å². The van der Waals surface area contributed by atoms with Gasteiger partial charge in [-0.25, -0.2) is 0 Å². The molecule has 2 N–H and O–H groups in total. The van der Waals surface area contributed by atoms with Crippen LogP contribution in [-0.4, -0.2) is 38.3 Å². The molecule has 0 aromatic rings. The summed E-state index contributed by atoms with van der Waals surface area (Å²) in [6, 6.07) is 0.604. The van der Waals surface area contributed by atoms with Crippen molar-refractivity contribution in [2.45, 2.75) is 64.8 Å². The number of halogens is 1. The van der Waals surface area contributed by atoms with Crippen LogP contribution in [0.3, 0.4) is 0 Å². The number of hydrogen-bond acceptors (Lipinski definition) is 2. The fraction of sp³-hybridized carbons (Fsp3) is 0.933. The highest BCUT2D eigenvalue weighted by atomic mass is 127. The standard InChI is InChI=1S/C15H31N3O.HI/c1-3-5-12-19-13-11-17-15(16-4-2)18-14-9-7-6-8-10-14;/h14H,3-13H2,1-2H3,(H2,16,17,18);1H. The Morgan fingerprint density at radius 2 is 1.90 bits per heavy atom. The van der Waals surface area contributed by atoms with E-state index in [4.69, 9.17) is 4.74 Å². The molecule has 0 unspecified atom stereocenters. The van der Waals surface area contributed by atoms with Gasteiger partial charge in [-0.3, -0.25) is 4.99 Å². The molecule has 120 valence electrons. The maximum Gasteiger partial charge on any atom is 0.191 e. The van der Waals surface area contributed by atoms with Crippen LogP contribution >= 0.6 is 24.0 Å². The Hall–Kier alpha value is -0.0400. The molecule has 1 saturated carbocycles. The first-order valence-electron chi connectivity index (χ1n) is 7.99. The molecule has 0 spiro atoms. The molecule has 1 aliphatic carbocycles. The largest absolute Gasteiger partial charge is 0.380 e. The second-order valence-corrected chi connectivity index (χ2v) is 5.21. The van der Waals surface area contributed by atoms with Crippen molar-refractivity contribution in [2.24, 2.45) is 4.99 Å². The maximum absolute atomic E-state index is 5.53. The molecule has 1 fully saturated rings. The zero-order valence-corrected chi connectivity index (χ0v) is 15.4. The molecule has 0 aromatic heterocycles. The summed E-state index contributed by atoms with van der Waals surface area (Å²) < 4.78 is 5.53. The number of unbranched alkanes of at least 4 members (excludes halogenated alkanes) is 1. The van der Waals surface area contributed by atoms with Crippen molar-refractivity contribution in [3.63, 3.8) is 0 Å². The molecule has 20 heavy (non-hydrogen) atoms. The summed E-state index contributed by atoms with van der Waals surface area (Å²) in [5.74, 6) is 0.952. The lowest BCUT2D eigenvalue weighted by molar-refractivity contribution is 0.138. The lowest BCUT2D eigenvalue weighted by Crippen LogP contribution is -2.44. The van der Waals surface area contributed by atoms with E-state index in [9.17, 15) is 0 Å². The van der Waals surface area contributed by atoms with E-state index in [1.165, 1.54) is 38.5 Å². The first-order valence-corrected chi connectivity index (χ1v) is 7.99. The van der Waals surface area contributed by atoms with Crippen LogP contribution in [0.15, 0.2) is 4.99 Å². The van der Waals surface area contributed by atoms with Crippen molar-refractivity contribution >= 4 is 29.9 Å². The molecule has 0 bridgehead atoms. The van der Waals surface area contributed by atoms with E-state index in [0.29, 0.717) is 6.04 Å². The van der Waals surface area contributed by atoms with Crippen LogP contribution in [-0.2, 0) is 4.74 Å². The van der Waals surface area contributed by atoms with Gasteiger partial charge in [-0.2, -0.15) is 0 Å². The lowest BCUT2D eigenvalue weighted by Gasteiger charge is -2.24. The number of rotatable bonds is 8. The van der Waals surface area contributed by atoms with E-state index in [-0.39, 0.29) is 24.0 Å². The Labute approximate surface area is 141 Å². The average Bonchev–Trinajstić information content (AvgIpc) is 2.44. The Morgan fingerprint density at radius 1 is 1.15 bits per heavy atom. The number of nitrogens with one attached hydrogen (secondary N) is 2. The summed E-state index contributed by atoms with van der Waals surface area (Å²) in [6.07, 6.45) is 8.96. The van der Waals surface area contributed by atoms with E-state index in [0.717, 1.165) is 38.7 Å². The molecule has 1 rings (SSSR count). The minimum atomic E-state index is 0. The summed E-state index contributed by atoms with van der Waals surface area (Å²) in [5, 5.41) is 6.86. The SMILES string of the molecule is CCCCOCCN=C(NCC)NC1CCCCC1.I. The van der Waals surface area contributed by atoms with Crippen LogP contribution in [0.4, 0.5) is 0 Å². The van der Waals surface area contributed by atoms with E-state index in [1.807, 2.05) is 0 Å². The van der Waals surface area contributed by atoms with Gasteiger partial charge < -0.3 is 15.4 Å². The Kier molecular flexibility index (Phi) is 13.9. The van der Waals surface area contributed by atoms with Gasteiger partial charge in [0, 0.05) is 19.2 Å². The van der Waals surface area contributed by atoms with Crippen molar-refractivity contribution in [1.29, 1.82) is 0 Å². The smallest absolute Gasteiger partial charge is 0.191 e. The van der Waals surface area contributed by atoms with Crippen molar-refractivity contribution in [3.8, 4) is 0 Å². The van der Waals surface area contributed by atoms with E-state index >= 15 is 0 Å². The number of hydrogen-bond donors (Lipinski definition) is 2. The van der Waals surface area contributed by atoms with Crippen LogP contribution in [0, 0.1) is 0 Å². The molecular formula is C15H32IN3O. The second-order valence-electron chi connectivity index (χ2n) is 5.21. The summed E-state index contributed by atoms with van der Waals surface area (Å²) in [5.41, 5.74) is 0. The van der Waals surface area contributed by atoms with Crippen LogP contribution in [0.2, 0.25) is 0 Å². The van der Waals surface area contributed by atoms with Gasteiger partial charge in [0.25, 0.3) is 0 Å². The predicted molar refractivity (Wildman–Crippen MR) is 97.1 cm³/mol. The third-order valence-electron chi connectivity index (χ3n) is 3.44. The van der Waals surface area contributed by atoms with Crippen molar-refractivity contribution < 1.29 is 4.74 Å². The van der Waals surface area contributed by atoms with Gasteiger partial charge >= 0.3 is 0 Å². The minimum absolute atomic E-state index is 0. The summed E-state index contributed by atoms with van der Waals surface area (Å²) in [7, 11) is 0. The summed E-state index contributed by atoms with van der Waals surface area (Å²) >= 11 is 0. The molecule has 0 heterocycles. The Morgan fingerprint density at radius 3 is 2.55 bits per heavy atom. The van der Waals surface area contributed by atoms with E-state index in [1.54, 1.807) is 0 Å². The molecule has 0 atom stereocenters. The van der Waals surface area contributed by atoms with Crippen molar-refractivity contribution in [3.05, 3.63) is 0 Å². The molecular weight excluding hydrogens is 365 g/mol. The van der Waals surface area contributed by atoms with Crippen LogP contribution in [0.1, 0.15) is 58.8 Å². The minimum Gasteiger partial charge on any atom is -0.380 e. The Bertz CT molecular complexity index is 243. The van der Waals surface area contributed by atoms with E-state index < -0.39 is 0 Å². The molecule has 0 amide bonds. The van der Waals surface area contributed by atoms with Gasteiger partial charge in [-0.15, -0.1) is 24.0 Å². The normalized spacial score (nSPS) is 16.6. The maximum atomic E-state index is 5.53. The zero-order chi connectivity index (χ0) is 13.8. The second kappa shape index (κ2) is 13.9. The Balaban J connectivity index is 0.00000361. The van der Waals surface area contributed by atoms with Crippen molar-refractivity contribution in [1.82, 2.24) is 10.6 Å². The molecule has 0 radical (unpaired) electrons. The molecule has 0 aromatic carbocycles.